The zero-order chi connectivity index (χ0) is 12.4. The molecule has 7 heteroatoms. The van der Waals surface area contributed by atoms with E-state index < -0.39 is 11.5 Å². The van der Waals surface area contributed by atoms with Crippen LogP contribution in [0.3, 0.4) is 0 Å². The van der Waals surface area contributed by atoms with Crippen LogP contribution >= 0.6 is 0 Å². The molecule has 0 atom stereocenters. The lowest BCUT2D eigenvalue weighted by atomic mass is 10.2. The lowest BCUT2D eigenvalue weighted by Crippen LogP contribution is -2.22. The molecule has 0 aromatic carbocycles. The van der Waals surface area contributed by atoms with Gasteiger partial charge in [-0.1, -0.05) is 0 Å². The normalized spacial score (nSPS) is 10.4. The van der Waals surface area contributed by atoms with E-state index in [0.717, 1.165) is 0 Å². The Kier molecular flexibility index (Phi) is 2.73. The first kappa shape index (κ1) is 11.1. The zero-order valence-electron chi connectivity index (χ0n) is 9.06. The number of ether oxygens (including phenoxy) is 1. The summed E-state index contributed by atoms with van der Waals surface area (Å²) in [5.74, 6) is -0.753. The molecule has 0 radical (unpaired) electrons. The highest BCUT2D eigenvalue weighted by Gasteiger charge is 2.18. The lowest BCUT2D eigenvalue weighted by Gasteiger charge is -2.06. The van der Waals surface area contributed by atoms with Gasteiger partial charge in [0.15, 0.2) is 0 Å². The van der Waals surface area contributed by atoms with E-state index in [4.69, 9.17) is 10.5 Å². The highest BCUT2D eigenvalue weighted by Crippen LogP contribution is 2.18. The van der Waals surface area contributed by atoms with E-state index >= 15 is 0 Å². The number of nitrogens with zero attached hydrogens (tertiary/aromatic N) is 2. The lowest BCUT2D eigenvalue weighted by molar-refractivity contribution is 0.0526. The minimum absolute atomic E-state index is 0.0304. The maximum Gasteiger partial charge on any atom is 0.345 e. The molecular formula is C10H10N4O3. The average Bonchev–Trinajstić information content (AvgIpc) is 2.29. The maximum atomic E-state index is 11.7. The Labute approximate surface area is 95.6 Å². The zero-order valence-corrected chi connectivity index (χ0v) is 9.06. The summed E-state index contributed by atoms with van der Waals surface area (Å²) in [5, 5.41) is 0.412. The largest absolute Gasteiger partial charge is 0.462 e. The minimum Gasteiger partial charge on any atom is -0.462 e. The van der Waals surface area contributed by atoms with Gasteiger partial charge in [-0.3, -0.25) is 4.79 Å². The third-order valence-electron chi connectivity index (χ3n) is 2.21. The number of nitrogens with one attached hydrogen (secondary N) is 1. The predicted molar refractivity (Wildman–Crippen MR) is 60.5 cm³/mol. The summed E-state index contributed by atoms with van der Waals surface area (Å²) in [5.41, 5.74) is 5.24. The number of nitrogen functional groups attached to an aromatic ring is 1. The number of carbonyl (C=O) groups excluding carboxylic acids is 1. The van der Waals surface area contributed by atoms with Gasteiger partial charge in [-0.05, 0) is 6.92 Å². The molecule has 0 aliphatic carbocycles. The first-order chi connectivity index (χ1) is 8.15. The van der Waals surface area contributed by atoms with Crippen LogP contribution in [-0.2, 0) is 4.74 Å². The van der Waals surface area contributed by atoms with E-state index in [1.54, 1.807) is 6.92 Å². The van der Waals surface area contributed by atoms with Crippen LogP contribution in [0.5, 0.6) is 0 Å². The maximum absolute atomic E-state index is 11.7. The summed E-state index contributed by atoms with van der Waals surface area (Å²) >= 11 is 0. The van der Waals surface area contributed by atoms with Gasteiger partial charge in [-0.2, -0.15) is 0 Å². The summed E-state index contributed by atoms with van der Waals surface area (Å²) in [6.07, 6.45) is 2.71. The number of rotatable bonds is 2. The van der Waals surface area contributed by atoms with Gasteiger partial charge in [0.25, 0.3) is 5.56 Å². The van der Waals surface area contributed by atoms with Gasteiger partial charge in [-0.15, -0.1) is 0 Å². The summed E-state index contributed by atoms with van der Waals surface area (Å²) in [6, 6.07) is 0. The van der Waals surface area contributed by atoms with Crippen LogP contribution in [0.4, 0.5) is 5.69 Å². The topological polar surface area (TPSA) is 111 Å². The van der Waals surface area contributed by atoms with Crippen molar-refractivity contribution in [2.45, 2.75) is 6.92 Å². The highest BCUT2D eigenvalue weighted by atomic mass is 16.5. The third kappa shape index (κ3) is 1.82. The number of esters is 1. The predicted octanol–water partition coefficient (Wildman–Crippen LogP) is 0.0770. The van der Waals surface area contributed by atoms with Gasteiger partial charge >= 0.3 is 5.97 Å². The van der Waals surface area contributed by atoms with E-state index in [1.165, 1.54) is 12.5 Å². The van der Waals surface area contributed by atoms with Crippen molar-refractivity contribution in [3.63, 3.8) is 0 Å². The molecule has 7 nitrogen and oxygen atoms in total. The molecule has 2 heterocycles. The number of fused-ring (bicyclic) bond motifs is 1. The Morgan fingerprint density at radius 3 is 3.06 bits per heavy atom. The first-order valence-electron chi connectivity index (χ1n) is 4.93. The van der Waals surface area contributed by atoms with Crippen molar-refractivity contribution in [3.05, 3.63) is 28.4 Å². The summed E-state index contributed by atoms with van der Waals surface area (Å²) in [7, 11) is 0. The molecule has 0 spiro atoms. The van der Waals surface area contributed by atoms with Crippen LogP contribution in [0.15, 0.2) is 17.3 Å². The van der Waals surface area contributed by atoms with Crippen LogP contribution in [0.25, 0.3) is 11.0 Å². The smallest absolute Gasteiger partial charge is 0.345 e. The molecule has 0 aliphatic rings. The van der Waals surface area contributed by atoms with Crippen molar-refractivity contribution in [1.29, 1.82) is 0 Å². The number of nitrogens with two attached hydrogens (primary N) is 1. The Balaban J connectivity index is 2.72. The fourth-order valence-electron chi connectivity index (χ4n) is 1.46. The van der Waals surface area contributed by atoms with Crippen molar-refractivity contribution in [2.75, 3.05) is 12.3 Å². The average molecular weight is 234 g/mol. The van der Waals surface area contributed by atoms with Crippen molar-refractivity contribution in [2.24, 2.45) is 0 Å². The van der Waals surface area contributed by atoms with E-state index in [0.29, 0.717) is 5.39 Å². The Morgan fingerprint density at radius 2 is 2.35 bits per heavy atom. The van der Waals surface area contributed by atoms with Crippen LogP contribution in [0.2, 0.25) is 0 Å². The number of anilines is 1. The van der Waals surface area contributed by atoms with Gasteiger partial charge in [0.1, 0.15) is 17.5 Å². The number of pyridine rings is 1. The van der Waals surface area contributed by atoms with Crippen LogP contribution in [-0.4, -0.2) is 27.5 Å². The standard InChI is InChI=1S/C10H10N4O3/c1-2-17-10(16)6-7(11)5-3-12-4-13-8(5)14-9(6)15/h3-4H,2H2,1H3,(H3,11,12,13,14,15). The van der Waals surface area contributed by atoms with E-state index in [2.05, 4.69) is 15.0 Å². The third-order valence-corrected chi connectivity index (χ3v) is 2.21. The molecule has 88 valence electrons. The fraction of sp³-hybridized carbons (Fsp3) is 0.200. The van der Waals surface area contributed by atoms with Gasteiger partial charge in [0.2, 0.25) is 0 Å². The summed E-state index contributed by atoms with van der Waals surface area (Å²) < 4.78 is 4.76. The molecule has 3 N–H and O–H groups in total. The second kappa shape index (κ2) is 4.20. The molecule has 0 fully saturated rings. The molecule has 17 heavy (non-hydrogen) atoms. The molecule has 0 saturated carbocycles. The van der Waals surface area contributed by atoms with Crippen LogP contribution in [0.1, 0.15) is 17.3 Å². The van der Waals surface area contributed by atoms with Gasteiger partial charge < -0.3 is 15.5 Å². The number of aromatic nitrogens is 3. The number of hydrogen-bond donors (Lipinski definition) is 2. The Hall–Kier alpha value is -2.44. The van der Waals surface area contributed by atoms with Crippen molar-refractivity contribution in [3.8, 4) is 0 Å². The Bertz CT molecular complexity index is 635. The number of carbonyl (C=O) groups is 1. The van der Waals surface area contributed by atoms with Crippen molar-refractivity contribution < 1.29 is 9.53 Å². The summed E-state index contributed by atoms with van der Waals surface area (Å²) in [6.45, 7) is 1.81. The van der Waals surface area contributed by atoms with E-state index in [-0.39, 0.29) is 23.5 Å². The highest BCUT2D eigenvalue weighted by molar-refractivity contribution is 6.02. The fourth-order valence-corrected chi connectivity index (χ4v) is 1.46. The SMILES string of the molecule is CCOC(=O)c1c(N)c2cncnc2[nH]c1=O. The number of hydrogen-bond acceptors (Lipinski definition) is 6. The minimum atomic E-state index is -0.753. The molecule has 0 amide bonds. The first-order valence-corrected chi connectivity index (χ1v) is 4.93. The monoisotopic (exact) mass is 234 g/mol. The summed E-state index contributed by atoms with van der Waals surface area (Å²) in [4.78, 5) is 33.3. The van der Waals surface area contributed by atoms with E-state index in [1.807, 2.05) is 0 Å². The molecule has 2 aromatic rings. The van der Waals surface area contributed by atoms with Gasteiger partial charge in [0.05, 0.1) is 17.7 Å². The second-order valence-electron chi connectivity index (χ2n) is 3.25. The quantitative estimate of drug-likeness (QED) is 0.711. The van der Waals surface area contributed by atoms with E-state index in [9.17, 15) is 9.59 Å². The number of H-pyrrole nitrogens is 1. The number of aromatic amines is 1. The molecular weight excluding hydrogens is 224 g/mol. The molecule has 0 unspecified atom stereocenters. The van der Waals surface area contributed by atoms with Gasteiger partial charge in [0, 0.05) is 6.20 Å². The second-order valence-corrected chi connectivity index (χ2v) is 3.25. The molecule has 2 rings (SSSR count). The van der Waals surface area contributed by atoms with Crippen LogP contribution in [0, 0.1) is 0 Å². The van der Waals surface area contributed by atoms with Crippen molar-refractivity contribution in [1.82, 2.24) is 15.0 Å². The molecule has 0 saturated heterocycles. The molecule has 0 aliphatic heterocycles. The van der Waals surface area contributed by atoms with Gasteiger partial charge in [-0.25, -0.2) is 14.8 Å². The van der Waals surface area contributed by atoms with Crippen LogP contribution < -0.4 is 11.3 Å². The molecule has 2 aromatic heterocycles. The molecule has 0 bridgehead atoms. The van der Waals surface area contributed by atoms with Crippen molar-refractivity contribution >= 4 is 22.7 Å². The Morgan fingerprint density at radius 1 is 1.59 bits per heavy atom.